The Morgan fingerprint density at radius 2 is 1.76 bits per heavy atom. The monoisotopic (exact) mass is 280 g/mol. The third-order valence-corrected chi connectivity index (χ3v) is 4.46. The van der Waals surface area contributed by atoms with Gasteiger partial charge in [0.15, 0.2) is 0 Å². The van der Waals surface area contributed by atoms with Crippen LogP contribution in [0.2, 0.25) is 0 Å². The van der Waals surface area contributed by atoms with Crippen molar-refractivity contribution in [3.05, 3.63) is 64.0 Å². The van der Waals surface area contributed by atoms with Crippen LogP contribution < -0.4 is 5.32 Å². The molecule has 110 valence electrons. The smallest absolute Gasteiger partial charge is 0.0379 e. The van der Waals surface area contributed by atoms with E-state index >= 15 is 0 Å². The van der Waals surface area contributed by atoms with Gasteiger partial charge in [0.2, 0.25) is 0 Å². The molecule has 1 aliphatic carbocycles. The topological polar surface area (TPSA) is 24.9 Å². The molecule has 0 fully saturated rings. The first-order valence-corrected chi connectivity index (χ1v) is 7.89. The van der Waals surface area contributed by atoms with E-state index < -0.39 is 0 Å². The standard InChI is InChI=1S/C19H24N2/c1-13-9-18(10-14(2)21-13)19(20-3)12-15-7-8-16-5-4-6-17(16)11-15/h7-11,19-20H,4-6,12H2,1-3H3. The number of nitrogens with one attached hydrogen (secondary N) is 1. The molecule has 2 aromatic rings. The van der Waals surface area contributed by atoms with Crippen molar-refractivity contribution in [3.63, 3.8) is 0 Å². The fourth-order valence-electron chi connectivity index (χ4n) is 3.44. The van der Waals surface area contributed by atoms with Gasteiger partial charge >= 0.3 is 0 Å². The van der Waals surface area contributed by atoms with Crippen molar-refractivity contribution < 1.29 is 0 Å². The van der Waals surface area contributed by atoms with E-state index in [0.29, 0.717) is 6.04 Å². The van der Waals surface area contributed by atoms with Gasteiger partial charge in [-0.1, -0.05) is 18.2 Å². The van der Waals surface area contributed by atoms with Crippen LogP contribution in [-0.2, 0) is 19.3 Å². The van der Waals surface area contributed by atoms with Crippen LogP contribution in [0.5, 0.6) is 0 Å². The third kappa shape index (κ3) is 3.16. The SMILES string of the molecule is CNC(Cc1ccc2c(c1)CCC2)c1cc(C)nc(C)c1. The van der Waals surface area contributed by atoms with Crippen molar-refractivity contribution in [2.45, 2.75) is 45.6 Å². The van der Waals surface area contributed by atoms with Crippen molar-refractivity contribution in [2.24, 2.45) is 0 Å². The summed E-state index contributed by atoms with van der Waals surface area (Å²) in [6, 6.07) is 11.8. The Morgan fingerprint density at radius 3 is 2.48 bits per heavy atom. The lowest BCUT2D eigenvalue weighted by molar-refractivity contribution is 0.590. The van der Waals surface area contributed by atoms with Gasteiger partial charge in [0.1, 0.15) is 0 Å². The van der Waals surface area contributed by atoms with Crippen LogP contribution in [-0.4, -0.2) is 12.0 Å². The first kappa shape index (κ1) is 14.3. The summed E-state index contributed by atoms with van der Waals surface area (Å²) in [5, 5.41) is 3.46. The number of benzene rings is 1. The predicted octanol–water partition coefficient (Wildman–Crippen LogP) is 3.69. The lowest BCUT2D eigenvalue weighted by atomic mass is 9.96. The minimum Gasteiger partial charge on any atom is -0.313 e. The van der Waals surface area contributed by atoms with E-state index in [1.54, 1.807) is 11.1 Å². The average molecular weight is 280 g/mol. The maximum absolute atomic E-state index is 4.48. The van der Waals surface area contributed by atoms with Crippen molar-refractivity contribution in [3.8, 4) is 0 Å². The van der Waals surface area contributed by atoms with E-state index in [4.69, 9.17) is 0 Å². The highest BCUT2D eigenvalue weighted by atomic mass is 14.9. The number of likely N-dealkylation sites (N-methyl/N-ethyl adjacent to an activating group) is 1. The minimum atomic E-state index is 0.352. The van der Waals surface area contributed by atoms with Crippen LogP contribution in [0.1, 0.15) is 46.1 Å². The molecule has 0 saturated heterocycles. The molecule has 21 heavy (non-hydrogen) atoms. The molecule has 1 aliphatic rings. The molecule has 0 amide bonds. The van der Waals surface area contributed by atoms with E-state index in [-0.39, 0.29) is 0 Å². The Balaban J connectivity index is 1.84. The summed E-state index contributed by atoms with van der Waals surface area (Å²) >= 11 is 0. The quantitative estimate of drug-likeness (QED) is 0.924. The molecule has 1 unspecified atom stereocenters. The number of nitrogens with zero attached hydrogens (tertiary/aromatic N) is 1. The second kappa shape index (κ2) is 5.98. The lowest BCUT2D eigenvalue weighted by Gasteiger charge is -2.18. The fraction of sp³-hybridized carbons (Fsp3) is 0.421. The van der Waals surface area contributed by atoms with E-state index in [9.17, 15) is 0 Å². The summed E-state index contributed by atoms with van der Waals surface area (Å²) in [5.74, 6) is 0. The zero-order valence-corrected chi connectivity index (χ0v) is 13.2. The van der Waals surface area contributed by atoms with Crippen molar-refractivity contribution in [1.29, 1.82) is 0 Å². The van der Waals surface area contributed by atoms with E-state index in [1.165, 1.54) is 30.4 Å². The number of fused-ring (bicyclic) bond motifs is 1. The Kier molecular flexibility index (Phi) is 4.07. The molecular formula is C19H24N2. The number of hydrogen-bond donors (Lipinski definition) is 1. The van der Waals surface area contributed by atoms with Gasteiger partial charge in [0.25, 0.3) is 0 Å². The highest BCUT2D eigenvalue weighted by molar-refractivity contribution is 5.36. The molecule has 1 aromatic carbocycles. The number of pyridine rings is 1. The van der Waals surface area contributed by atoms with E-state index in [2.05, 4.69) is 54.5 Å². The van der Waals surface area contributed by atoms with Crippen LogP contribution in [0, 0.1) is 13.8 Å². The van der Waals surface area contributed by atoms with Gasteiger partial charge in [0.05, 0.1) is 0 Å². The Hall–Kier alpha value is -1.67. The molecular weight excluding hydrogens is 256 g/mol. The molecule has 1 atom stereocenters. The average Bonchev–Trinajstić information content (AvgIpc) is 2.91. The third-order valence-electron chi connectivity index (χ3n) is 4.46. The van der Waals surface area contributed by atoms with Gasteiger partial charge in [-0.25, -0.2) is 0 Å². The van der Waals surface area contributed by atoms with Crippen molar-refractivity contribution >= 4 is 0 Å². The minimum absolute atomic E-state index is 0.352. The molecule has 0 aliphatic heterocycles. The second-order valence-corrected chi connectivity index (χ2v) is 6.19. The maximum atomic E-state index is 4.48. The molecule has 2 heteroatoms. The summed E-state index contributed by atoms with van der Waals surface area (Å²) < 4.78 is 0. The Bertz CT molecular complexity index is 626. The maximum Gasteiger partial charge on any atom is 0.0379 e. The Labute approximate surface area is 127 Å². The number of aryl methyl sites for hydroxylation is 4. The first-order valence-electron chi connectivity index (χ1n) is 7.89. The van der Waals surface area contributed by atoms with Crippen LogP contribution in [0.15, 0.2) is 30.3 Å². The number of aromatic nitrogens is 1. The van der Waals surface area contributed by atoms with Crippen LogP contribution in [0.4, 0.5) is 0 Å². The fourth-order valence-corrected chi connectivity index (χ4v) is 3.44. The predicted molar refractivity (Wildman–Crippen MR) is 87.7 cm³/mol. The normalized spacial score (nSPS) is 15.0. The van der Waals surface area contributed by atoms with Crippen molar-refractivity contribution in [2.75, 3.05) is 7.05 Å². The zero-order valence-electron chi connectivity index (χ0n) is 13.2. The molecule has 0 radical (unpaired) electrons. The first-order chi connectivity index (χ1) is 10.2. The van der Waals surface area contributed by atoms with Gasteiger partial charge in [0, 0.05) is 17.4 Å². The van der Waals surface area contributed by atoms with Crippen LogP contribution in [0.3, 0.4) is 0 Å². The molecule has 1 N–H and O–H groups in total. The highest BCUT2D eigenvalue weighted by Crippen LogP contribution is 2.26. The molecule has 0 spiro atoms. The van der Waals surface area contributed by atoms with Crippen molar-refractivity contribution in [1.82, 2.24) is 10.3 Å². The van der Waals surface area contributed by atoms with Crippen LogP contribution in [0.25, 0.3) is 0 Å². The second-order valence-electron chi connectivity index (χ2n) is 6.19. The van der Waals surface area contributed by atoms with E-state index in [0.717, 1.165) is 17.8 Å². The molecule has 1 aromatic heterocycles. The van der Waals surface area contributed by atoms with E-state index in [1.807, 2.05) is 7.05 Å². The van der Waals surface area contributed by atoms with Gasteiger partial charge < -0.3 is 5.32 Å². The number of rotatable bonds is 4. The molecule has 0 saturated carbocycles. The van der Waals surface area contributed by atoms with Gasteiger partial charge in [-0.15, -0.1) is 0 Å². The molecule has 0 bridgehead atoms. The molecule has 1 heterocycles. The summed E-state index contributed by atoms with van der Waals surface area (Å²) in [4.78, 5) is 4.48. The van der Waals surface area contributed by atoms with Gasteiger partial charge in [-0.05, 0) is 81.0 Å². The summed E-state index contributed by atoms with van der Waals surface area (Å²) in [5.41, 5.74) is 8.07. The molecule has 2 nitrogen and oxygen atoms in total. The van der Waals surface area contributed by atoms with Crippen LogP contribution >= 0.6 is 0 Å². The lowest BCUT2D eigenvalue weighted by Crippen LogP contribution is -2.19. The zero-order chi connectivity index (χ0) is 14.8. The summed E-state index contributed by atoms with van der Waals surface area (Å²) in [7, 11) is 2.04. The largest absolute Gasteiger partial charge is 0.313 e. The number of hydrogen-bond acceptors (Lipinski definition) is 2. The molecule has 3 rings (SSSR count). The summed E-state index contributed by atoms with van der Waals surface area (Å²) in [6.07, 6.45) is 4.86. The summed E-state index contributed by atoms with van der Waals surface area (Å²) in [6.45, 7) is 4.14. The highest BCUT2D eigenvalue weighted by Gasteiger charge is 2.15. The van der Waals surface area contributed by atoms with Gasteiger partial charge in [-0.3, -0.25) is 4.98 Å². The van der Waals surface area contributed by atoms with Gasteiger partial charge in [-0.2, -0.15) is 0 Å². The Morgan fingerprint density at radius 1 is 1.05 bits per heavy atom.